The molecule has 1 amide bonds. The Labute approximate surface area is 186 Å². The Hall–Kier alpha value is -4.05. The Kier molecular flexibility index (Phi) is 5.69. The normalized spacial score (nSPS) is 13.7. The lowest BCUT2D eigenvalue weighted by molar-refractivity contribution is -0.118. The molecular formula is C22H20N4O5S. The van der Waals surface area contributed by atoms with Crippen LogP contribution in [0.4, 0.5) is 5.69 Å². The molecule has 32 heavy (non-hydrogen) atoms. The molecule has 1 aromatic heterocycles. The summed E-state index contributed by atoms with van der Waals surface area (Å²) in [5.41, 5.74) is 3.10. The molecule has 0 fully saturated rings. The van der Waals surface area contributed by atoms with Crippen molar-refractivity contribution < 1.29 is 24.9 Å². The second-order valence-electron chi connectivity index (χ2n) is 7.15. The molecule has 164 valence electrons. The minimum atomic E-state index is -0.623. The summed E-state index contributed by atoms with van der Waals surface area (Å²) in [6, 6.07) is 8.08. The smallest absolute Gasteiger partial charge is 0.262 e. The SMILES string of the molecule is C=C(C)CN=c1scc(-c2ccc3c(c2)NC(=O)CO3)n1N=Cc1ccc(O)c(O)c1O. The number of hydrogen-bond donors (Lipinski definition) is 4. The van der Waals surface area contributed by atoms with Crippen LogP contribution in [0.1, 0.15) is 12.5 Å². The summed E-state index contributed by atoms with van der Waals surface area (Å²) in [5, 5.41) is 38.5. The quantitative estimate of drug-likeness (QED) is 0.269. The van der Waals surface area contributed by atoms with Gasteiger partial charge in [-0.05, 0) is 37.3 Å². The number of ether oxygens (including phenoxy) is 1. The van der Waals surface area contributed by atoms with Gasteiger partial charge >= 0.3 is 0 Å². The maximum atomic E-state index is 11.7. The number of aromatic hydroxyl groups is 3. The first-order valence-corrected chi connectivity index (χ1v) is 10.4. The number of nitrogens with zero attached hydrogens (tertiary/aromatic N) is 3. The lowest BCUT2D eigenvalue weighted by Crippen LogP contribution is -2.25. The number of nitrogens with one attached hydrogen (secondary N) is 1. The molecule has 1 aliphatic rings. The molecule has 4 N–H and O–H groups in total. The second kappa shape index (κ2) is 8.60. The van der Waals surface area contributed by atoms with Crippen LogP contribution in [0, 0.1) is 0 Å². The highest BCUT2D eigenvalue weighted by molar-refractivity contribution is 7.07. The zero-order valence-electron chi connectivity index (χ0n) is 17.1. The molecule has 0 saturated carbocycles. The van der Waals surface area contributed by atoms with Gasteiger partial charge in [0, 0.05) is 16.5 Å². The third kappa shape index (κ3) is 4.21. The number of carbonyl (C=O) groups excluding carboxylic acids is 1. The van der Waals surface area contributed by atoms with Crippen molar-refractivity contribution in [1.29, 1.82) is 0 Å². The van der Waals surface area contributed by atoms with Crippen LogP contribution in [-0.4, -0.2) is 45.3 Å². The fourth-order valence-electron chi connectivity index (χ4n) is 2.97. The molecule has 4 rings (SSSR count). The van der Waals surface area contributed by atoms with Gasteiger partial charge in [0.1, 0.15) is 5.75 Å². The minimum absolute atomic E-state index is 0.0258. The van der Waals surface area contributed by atoms with E-state index in [1.807, 2.05) is 18.4 Å². The van der Waals surface area contributed by atoms with Crippen molar-refractivity contribution in [3.8, 4) is 34.3 Å². The van der Waals surface area contributed by atoms with Crippen molar-refractivity contribution in [1.82, 2.24) is 4.68 Å². The van der Waals surface area contributed by atoms with Crippen LogP contribution in [0.15, 0.2) is 58.0 Å². The number of phenolic OH excluding ortho intramolecular Hbond substituents is 3. The predicted molar refractivity (Wildman–Crippen MR) is 122 cm³/mol. The van der Waals surface area contributed by atoms with E-state index in [0.29, 0.717) is 28.5 Å². The van der Waals surface area contributed by atoms with E-state index < -0.39 is 17.2 Å². The highest BCUT2D eigenvalue weighted by Crippen LogP contribution is 2.36. The van der Waals surface area contributed by atoms with Gasteiger partial charge in [-0.25, -0.2) is 4.68 Å². The molecule has 0 radical (unpaired) electrons. The lowest BCUT2D eigenvalue weighted by atomic mass is 10.1. The Morgan fingerprint density at radius 1 is 1.28 bits per heavy atom. The topological polar surface area (TPSA) is 129 Å². The van der Waals surface area contributed by atoms with Gasteiger partial charge < -0.3 is 25.4 Å². The molecule has 3 aromatic rings. The van der Waals surface area contributed by atoms with Gasteiger partial charge in [-0.15, -0.1) is 11.3 Å². The number of phenols is 3. The van der Waals surface area contributed by atoms with Gasteiger partial charge in [0.2, 0.25) is 10.6 Å². The largest absolute Gasteiger partial charge is 0.504 e. The van der Waals surface area contributed by atoms with Crippen molar-refractivity contribution in [3.05, 3.63) is 58.2 Å². The summed E-state index contributed by atoms with van der Waals surface area (Å²) >= 11 is 1.37. The third-order valence-electron chi connectivity index (χ3n) is 4.55. The molecule has 0 saturated heterocycles. The van der Waals surface area contributed by atoms with Crippen LogP contribution in [0.3, 0.4) is 0 Å². The average molecular weight is 452 g/mol. The Morgan fingerprint density at radius 2 is 2.09 bits per heavy atom. The summed E-state index contributed by atoms with van der Waals surface area (Å²) in [7, 11) is 0. The van der Waals surface area contributed by atoms with E-state index in [2.05, 4.69) is 22.0 Å². The van der Waals surface area contributed by atoms with Crippen LogP contribution in [0.2, 0.25) is 0 Å². The third-order valence-corrected chi connectivity index (χ3v) is 5.41. The summed E-state index contributed by atoms with van der Waals surface area (Å²) in [4.78, 5) is 16.8. The van der Waals surface area contributed by atoms with E-state index in [9.17, 15) is 20.1 Å². The standard InChI is InChI=1S/C22H20N4O5S/c1-12(2)8-23-22-26(24-9-14-3-5-17(27)21(30)20(14)29)16(11-32-22)13-4-6-18-15(7-13)25-19(28)10-31-18/h3-7,9,11,27,29-30H,1,8,10H2,2H3,(H,25,28). The number of rotatable bonds is 5. The molecule has 10 heteroatoms. The fourth-order valence-corrected chi connectivity index (χ4v) is 3.81. The molecule has 2 aromatic carbocycles. The molecule has 9 nitrogen and oxygen atoms in total. The molecular weight excluding hydrogens is 432 g/mol. The first-order chi connectivity index (χ1) is 15.3. The zero-order valence-corrected chi connectivity index (χ0v) is 17.9. The van der Waals surface area contributed by atoms with Gasteiger partial charge in [-0.2, -0.15) is 5.10 Å². The van der Waals surface area contributed by atoms with E-state index in [4.69, 9.17) is 4.74 Å². The number of fused-ring (bicyclic) bond motifs is 1. The number of anilines is 1. The van der Waals surface area contributed by atoms with E-state index in [1.165, 1.54) is 29.7 Å². The van der Waals surface area contributed by atoms with Gasteiger partial charge in [-0.3, -0.25) is 9.79 Å². The second-order valence-corrected chi connectivity index (χ2v) is 7.99. The first-order valence-electron chi connectivity index (χ1n) is 9.54. The van der Waals surface area contributed by atoms with Crippen LogP contribution < -0.4 is 14.9 Å². The monoisotopic (exact) mass is 452 g/mol. The van der Waals surface area contributed by atoms with Crippen molar-refractivity contribution in [2.45, 2.75) is 6.92 Å². The Bertz CT molecular complexity index is 1320. The number of thiazole rings is 1. The number of amides is 1. The van der Waals surface area contributed by atoms with E-state index in [-0.39, 0.29) is 18.1 Å². The number of hydrogen-bond acceptors (Lipinski definition) is 8. The van der Waals surface area contributed by atoms with E-state index >= 15 is 0 Å². The highest BCUT2D eigenvalue weighted by atomic mass is 32.1. The average Bonchev–Trinajstić information content (AvgIpc) is 3.17. The fraction of sp³-hybridized carbons (Fsp3) is 0.136. The molecule has 2 heterocycles. The van der Waals surface area contributed by atoms with Gasteiger partial charge in [-0.1, -0.05) is 12.2 Å². The summed E-state index contributed by atoms with van der Waals surface area (Å²) in [5.74, 6) is -1.19. The van der Waals surface area contributed by atoms with Crippen LogP contribution in [0.5, 0.6) is 23.0 Å². The van der Waals surface area contributed by atoms with Gasteiger partial charge in [0.15, 0.2) is 18.1 Å². The molecule has 0 aliphatic carbocycles. The van der Waals surface area contributed by atoms with Gasteiger partial charge in [0.25, 0.3) is 5.91 Å². The summed E-state index contributed by atoms with van der Waals surface area (Å²) in [6.45, 7) is 6.12. The lowest BCUT2D eigenvalue weighted by Gasteiger charge is -2.18. The highest BCUT2D eigenvalue weighted by Gasteiger charge is 2.18. The van der Waals surface area contributed by atoms with E-state index in [0.717, 1.165) is 11.1 Å². The minimum Gasteiger partial charge on any atom is -0.504 e. The number of benzene rings is 2. The predicted octanol–water partition coefficient (Wildman–Crippen LogP) is 3.02. The van der Waals surface area contributed by atoms with Crippen LogP contribution in [-0.2, 0) is 4.79 Å². The van der Waals surface area contributed by atoms with Gasteiger partial charge in [0.05, 0.1) is 24.1 Å². The number of aromatic nitrogens is 1. The van der Waals surface area contributed by atoms with Crippen LogP contribution >= 0.6 is 11.3 Å². The van der Waals surface area contributed by atoms with Crippen molar-refractivity contribution in [2.75, 3.05) is 18.5 Å². The maximum absolute atomic E-state index is 11.7. The maximum Gasteiger partial charge on any atom is 0.262 e. The van der Waals surface area contributed by atoms with Crippen molar-refractivity contribution >= 4 is 29.1 Å². The molecule has 1 aliphatic heterocycles. The van der Waals surface area contributed by atoms with E-state index in [1.54, 1.807) is 16.8 Å². The first kappa shape index (κ1) is 21.2. The number of carbonyl (C=O) groups is 1. The van der Waals surface area contributed by atoms with Crippen LogP contribution in [0.25, 0.3) is 11.3 Å². The summed E-state index contributed by atoms with van der Waals surface area (Å²) < 4.78 is 7.01. The molecule has 0 atom stereocenters. The molecule has 0 unspecified atom stereocenters. The Morgan fingerprint density at radius 3 is 2.88 bits per heavy atom. The Balaban J connectivity index is 1.80. The molecule has 0 spiro atoms. The van der Waals surface area contributed by atoms with Crippen molar-refractivity contribution in [2.24, 2.45) is 10.1 Å². The molecule has 0 bridgehead atoms. The van der Waals surface area contributed by atoms with Crippen molar-refractivity contribution in [3.63, 3.8) is 0 Å². The summed E-state index contributed by atoms with van der Waals surface area (Å²) in [6.07, 6.45) is 1.35. The zero-order chi connectivity index (χ0) is 22.8.